The van der Waals surface area contributed by atoms with Gasteiger partial charge < -0.3 is 42.5 Å². The molecular weight excluding hydrogens is 312 g/mol. The molecule has 0 aliphatic carbocycles. The van der Waals surface area contributed by atoms with Gasteiger partial charge in [-0.3, -0.25) is 0 Å². The summed E-state index contributed by atoms with van der Waals surface area (Å²) >= 11 is 0. The van der Waals surface area contributed by atoms with Gasteiger partial charge in [0, 0.05) is 0 Å². The van der Waals surface area contributed by atoms with Crippen molar-refractivity contribution < 1.29 is 58.9 Å². The maximum absolute atomic E-state index is 4.44. The monoisotopic (exact) mass is 321 g/mol. The molecule has 17 heavy (non-hydrogen) atoms. The zero-order valence-electron chi connectivity index (χ0n) is 8.85. The van der Waals surface area contributed by atoms with E-state index in [1.54, 1.807) is 0 Å². The summed E-state index contributed by atoms with van der Waals surface area (Å²) in [6, 6.07) is 19.9. The van der Waals surface area contributed by atoms with Crippen LogP contribution >= 0.6 is 0 Å². The Hall–Kier alpha value is -0.176. The molecule has 0 saturated heterocycles. The molecule has 0 fully saturated rings. The summed E-state index contributed by atoms with van der Waals surface area (Å²) in [5.41, 5.74) is 1.99. The van der Waals surface area contributed by atoms with Crippen LogP contribution in [0.2, 0.25) is 0 Å². The third kappa shape index (κ3) is 7.70. The fourth-order valence-electron chi connectivity index (χ4n) is 1.15. The average molecular weight is 322 g/mol. The van der Waals surface area contributed by atoms with E-state index >= 15 is 0 Å². The molecule has 0 N–H and O–H groups in total. The minimum atomic E-state index is 0. The van der Waals surface area contributed by atoms with Crippen LogP contribution in [0.5, 0.6) is 0 Å². The smallest absolute Gasteiger partial charge is 1.00 e. The maximum Gasteiger partial charge on any atom is 4.00 e. The Morgan fingerprint density at radius 3 is 1.12 bits per heavy atom. The second kappa shape index (κ2) is 12.3. The van der Waals surface area contributed by atoms with E-state index < -0.39 is 0 Å². The summed E-state index contributed by atoms with van der Waals surface area (Å²) < 4.78 is 0. The third-order valence-electron chi connectivity index (χ3n) is 1.77. The number of nitrogens with zero attached hydrogens (tertiary/aromatic N) is 1. The summed E-state index contributed by atoms with van der Waals surface area (Å²) in [7, 11) is 0. The summed E-state index contributed by atoms with van der Waals surface area (Å²) in [6.07, 6.45) is 0. The van der Waals surface area contributed by atoms with Gasteiger partial charge >= 0.3 is 21.7 Å². The normalized spacial score (nSPS) is 7.29. The van der Waals surface area contributed by atoms with Gasteiger partial charge in [-0.15, -0.1) is 11.4 Å². The fraction of sp³-hybridized carbons (Fsp3) is 0. The minimum absolute atomic E-state index is 0. The molecule has 2 aromatic rings. The van der Waals surface area contributed by atoms with Crippen LogP contribution < -0.4 is 37.2 Å². The van der Waals surface area contributed by atoms with Crippen molar-refractivity contribution in [1.29, 1.82) is 0 Å². The molecule has 0 unspecified atom stereocenters. The van der Waals surface area contributed by atoms with Crippen LogP contribution in [0, 0.1) is 0 Å². The van der Waals surface area contributed by atoms with E-state index in [9.17, 15) is 0 Å². The molecule has 0 saturated carbocycles. The summed E-state index contributed by atoms with van der Waals surface area (Å²) in [5.74, 6) is 0. The van der Waals surface area contributed by atoms with Crippen molar-refractivity contribution in [1.82, 2.24) is 0 Å². The Morgan fingerprint density at radius 2 is 0.824 bits per heavy atom. The first-order valence-electron chi connectivity index (χ1n) is 4.27. The molecule has 0 atom stereocenters. The molecule has 0 amide bonds. The Balaban J connectivity index is -0.000000490. The number of hydrogen-bond donors (Lipinski definition) is 0. The van der Waals surface area contributed by atoms with Gasteiger partial charge in [0.15, 0.2) is 0 Å². The number of para-hydroxylation sites is 2. The first kappa shape index (κ1) is 22.0. The van der Waals surface area contributed by atoms with Crippen LogP contribution in [0.25, 0.3) is 5.32 Å². The van der Waals surface area contributed by atoms with E-state index in [2.05, 4.69) is 5.32 Å². The van der Waals surface area contributed by atoms with Crippen LogP contribution in [0.3, 0.4) is 0 Å². The molecule has 88 valence electrons. The molecule has 0 aromatic heterocycles. The van der Waals surface area contributed by atoms with Crippen molar-refractivity contribution >= 4 is 11.4 Å². The van der Waals surface area contributed by atoms with E-state index in [0.717, 1.165) is 11.4 Å². The van der Waals surface area contributed by atoms with Crippen molar-refractivity contribution in [2.75, 3.05) is 0 Å². The van der Waals surface area contributed by atoms with Gasteiger partial charge in [0.05, 0.1) is 0 Å². The molecule has 2 aromatic carbocycles. The Morgan fingerprint density at radius 1 is 0.529 bits per heavy atom. The fourth-order valence-corrected chi connectivity index (χ4v) is 1.15. The minimum Gasteiger partial charge on any atom is -1.00 e. The standard InChI is InChI=1S/C12H10N.3ClH.Ti/c1-3-7-11(8-4-1)13-12-9-5-2-6-10-12;;;;/h1-10H;3*1H;/q-1;;;;+4/p-3. The number of rotatable bonds is 2. The van der Waals surface area contributed by atoms with Gasteiger partial charge in [0.1, 0.15) is 0 Å². The largest absolute Gasteiger partial charge is 4.00 e. The van der Waals surface area contributed by atoms with Gasteiger partial charge in [-0.1, -0.05) is 60.7 Å². The van der Waals surface area contributed by atoms with Gasteiger partial charge in [-0.05, 0) is 0 Å². The molecule has 5 heteroatoms. The van der Waals surface area contributed by atoms with Crippen LogP contribution in [0.15, 0.2) is 60.7 Å². The quantitative estimate of drug-likeness (QED) is 0.492. The van der Waals surface area contributed by atoms with Crippen molar-refractivity contribution in [3.8, 4) is 0 Å². The first-order valence-corrected chi connectivity index (χ1v) is 4.27. The molecule has 2 rings (SSSR count). The second-order valence-electron chi connectivity index (χ2n) is 2.78. The van der Waals surface area contributed by atoms with E-state index in [1.807, 2.05) is 60.7 Å². The number of benzene rings is 2. The second-order valence-corrected chi connectivity index (χ2v) is 2.78. The molecular formula is C12H10Cl3NTi. The van der Waals surface area contributed by atoms with Crippen LogP contribution in [0.4, 0.5) is 11.4 Å². The average Bonchev–Trinajstić information content (AvgIpc) is 2.21. The number of hydrogen-bond acceptors (Lipinski definition) is 0. The topological polar surface area (TPSA) is 14.1 Å². The molecule has 0 heterocycles. The predicted octanol–water partition coefficient (Wildman–Crippen LogP) is -4.97. The molecule has 0 bridgehead atoms. The zero-order chi connectivity index (χ0) is 8.93. The first-order chi connectivity index (χ1) is 6.45. The van der Waals surface area contributed by atoms with Crippen molar-refractivity contribution in [3.05, 3.63) is 66.0 Å². The van der Waals surface area contributed by atoms with Crippen LogP contribution in [-0.4, -0.2) is 0 Å². The van der Waals surface area contributed by atoms with Crippen molar-refractivity contribution in [3.63, 3.8) is 0 Å². The number of halogens is 3. The zero-order valence-corrected chi connectivity index (χ0v) is 12.7. The molecule has 0 aliphatic rings. The maximum atomic E-state index is 4.44. The van der Waals surface area contributed by atoms with Crippen molar-refractivity contribution in [2.24, 2.45) is 0 Å². The van der Waals surface area contributed by atoms with Gasteiger partial charge in [0.2, 0.25) is 0 Å². The summed E-state index contributed by atoms with van der Waals surface area (Å²) in [5, 5.41) is 4.44. The van der Waals surface area contributed by atoms with Crippen LogP contribution in [-0.2, 0) is 21.7 Å². The SMILES string of the molecule is [Cl-].[Cl-].[Cl-].[Ti+4].c1ccc([N-]c2ccccc2)cc1. The van der Waals surface area contributed by atoms with Gasteiger partial charge in [-0.2, -0.15) is 0 Å². The summed E-state index contributed by atoms with van der Waals surface area (Å²) in [4.78, 5) is 0. The third-order valence-corrected chi connectivity index (χ3v) is 1.77. The van der Waals surface area contributed by atoms with E-state index in [4.69, 9.17) is 0 Å². The van der Waals surface area contributed by atoms with E-state index in [1.165, 1.54) is 0 Å². The Kier molecular flexibility index (Phi) is 15.9. The van der Waals surface area contributed by atoms with E-state index in [-0.39, 0.29) is 58.9 Å². The molecule has 0 radical (unpaired) electrons. The van der Waals surface area contributed by atoms with E-state index in [0.29, 0.717) is 0 Å². The van der Waals surface area contributed by atoms with Crippen LogP contribution in [0.1, 0.15) is 0 Å². The Labute approximate surface area is 136 Å². The molecule has 0 spiro atoms. The molecule has 1 nitrogen and oxygen atoms in total. The summed E-state index contributed by atoms with van der Waals surface area (Å²) in [6.45, 7) is 0. The molecule has 0 aliphatic heterocycles. The Bertz CT molecular complexity index is 333. The van der Waals surface area contributed by atoms with Gasteiger partial charge in [-0.25, -0.2) is 0 Å². The predicted molar refractivity (Wildman–Crippen MR) is 55.6 cm³/mol. The van der Waals surface area contributed by atoms with Crippen molar-refractivity contribution in [2.45, 2.75) is 0 Å². The van der Waals surface area contributed by atoms with Gasteiger partial charge in [0.25, 0.3) is 0 Å².